The normalized spacial score (nSPS) is 28.6. The topological polar surface area (TPSA) is 29.1 Å². The monoisotopic (exact) mass is 167 g/mol. The van der Waals surface area contributed by atoms with Gasteiger partial charge in [0, 0.05) is 12.5 Å². The summed E-state index contributed by atoms with van der Waals surface area (Å²) in [6, 6.07) is 0. The lowest BCUT2D eigenvalue weighted by Gasteiger charge is -2.09. The van der Waals surface area contributed by atoms with E-state index in [2.05, 4.69) is 12.2 Å². The van der Waals surface area contributed by atoms with Crippen molar-refractivity contribution in [2.45, 2.75) is 20.8 Å². The van der Waals surface area contributed by atoms with Gasteiger partial charge in [-0.15, -0.1) is 0 Å². The molecule has 1 rings (SSSR count). The predicted octanol–water partition coefficient (Wildman–Crippen LogP) is 1.38. The summed E-state index contributed by atoms with van der Waals surface area (Å²) in [7, 11) is 0. The first-order chi connectivity index (χ1) is 5.61. The summed E-state index contributed by atoms with van der Waals surface area (Å²) in [5, 5.41) is 3.23. The van der Waals surface area contributed by atoms with Crippen molar-refractivity contribution in [3.63, 3.8) is 0 Å². The smallest absolute Gasteiger partial charge is 0.160 e. The Morgan fingerprint density at radius 2 is 2.08 bits per heavy atom. The predicted molar refractivity (Wildman–Crippen MR) is 50.0 cm³/mol. The first-order valence-corrected chi connectivity index (χ1v) is 4.50. The van der Waals surface area contributed by atoms with E-state index < -0.39 is 0 Å². The zero-order valence-corrected chi connectivity index (χ0v) is 8.05. The van der Waals surface area contributed by atoms with Gasteiger partial charge in [0.15, 0.2) is 5.78 Å². The van der Waals surface area contributed by atoms with Gasteiger partial charge in [-0.2, -0.15) is 0 Å². The number of carbonyl (C=O) groups is 1. The second-order valence-electron chi connectivity index (χ2n) is 3.87. The summed E-state index contributed by atoms with van der Waals surface area (Å²) in [6.07, 6.45) is 1.76. The average Bonchev–Trinajstić information content (AvgIpc) is 2.33. The van der Waals surface area contributed by atoms with Crippen LogP contribution in [0, 0.1) is 11.8 Å². The van der Waals surface area contributed by atoms with Crippen LogP contribution in [-0.2, 0) is 4.79 Å². The number of nitrogens with one attached hydrogen (secondary N) is 1. The maximum absolute atomic E-state index is 11.5. The molecule has 2 heteroatoms. The number of hydrogen-bond acceptors (Lipinski definition) is 2. The molecule has 0 aromatic rings. The molecule has 68 valence electrons. The van der Waals surface area contributed by atoms with E-state index in [1.807, 2.05) is 13.8 Å². The van der Waals surface area contributed by atoms with E-state index >= 15 is 0 Å². The molecular formula is C10H17NO. The van der Waals surface area contributed by atoms with Crippen molar-refractivity contribution < 1.29 is 4.79 Å². The molecule has 1 fully saturated rings. The van der Waals surface area contributed by atoms with Gasteiger partial charge in [-0.25, -0.2) is 0 Å². The Morgan fingerprint density at radius 3 is 2.50 bits per heavy atom. The molecule has 0 radical (unpaired) electrons. The molecule has 0 aromatic carbocycles. The first kappa shape index (κ1) is 9.46. The standard InChI is InChI=1S/C10H17NO/c1-7(2)4-10(12)9-6-11-5-8(9)3/h4,8-9,11H,5-6H2,1-3H3. The Morgan fingerprint density at radius 1 is 1.42 bits per heavy atom. The number of carbonyl (C=O) groups excluding carboxylic acids is 1. The number of rotatable bonds is 2. The van der Waals surface area contributed by atoms with E-state index in [9.17, 15) is 4.79 Å². The summed E-state index contributed by atoms with van der Waals surface area (Å²) >= 11 is 0. The third kappa shape index (κ3) is 2.18. The van der Waals surface area contributed by atoms with Crippen molar-refractivity contribution >= 4 is 5.78 Å². The first-order valence-electron chi connectivity index (χ1n) is 4.50. The van der Waals surface area contributed by atoms with Crippen molar-refractivity contribution in [1.82, 2.24) is 5.32 Å². The van der Waals surface area contributed by atoms with Crippen LogP contribution in [0.1, 0.15) is 20.8 Å². The minimum Gasteiger partial charge on any atom is -0.316 e. The van der Waals surface area contributed by atoms with Crippen molar-refractivity contribution in [1.29, 1.82) is 0 Å². The molecule has 2 atom stereocenters. The molecule has 2 nitrogen and oxygen atoms in total. The van der Waals surface area contributed by atoms with Gasteiger partial charge in [-0.05, 0) is 32.4 Å². The molecule has 1 aliphatic rings. The molecule has 12 heavy (non-hydrogen) atoms. The van der Waals surface area contributed by atoms with Crippen LogP contribution < -0.4 is 5.32 Å². The molecule has 0 spiro atoms. The molecule has 0 saturated carbocycles. The second kappa shape index (κ2) is 3.85. The summed E-state index contributed by atoms with van der Waals surface area (Å²) in [5.74, 6) is 0.987. The van der Waals surface area contributed by atoms with Gasteiger partial charge in [-0.1, -0.05) is 12.5 Å². The number of ketones is 1. The van der Waals surface area contributed by atoms with Crippen LogP contribution in [0.3, 0.4) is 0 Å². The van der Waals surface area contributed by atoms with Gasteiger partial charge >= 0.3 is 0 Å². The Labute approximate surface area is 74.0 Å². The molecule has 0 aliphatic carbocycles. The molecule has 1 heterocycles. The summed E-state index contributed by atoms with van der Waals surface area (Å²) in [6.45, 7) is 7.88. The maximum Gasteiger partial charge on any atom is 0.160 e. The minimum atomic E-state index is 0.208. The lowest BCUT2D eigenvalue weighted by molar-refractivity contribution is -0.118. The zero-order valence-electron chi connectivity index (χ0n) is 8.05. The summed E-state index contributed by atoms with van der Waals surface area (Å²) in [4.78, 5) is 11.5. The van der Waals surface area contributed by atoms with Crippen LogP contribution in [0.25, 0.3) is 0 Å². The second-order valence-corrected chi connectivity index (χ2v) is 3.87. The Bertz CT molecular complexity index is 204. The van der Waals surface area contributed by atoms with Crippen LogP contribution in [0.2, 0.25) is 0 Å². The molecular weight excluding hydrogens is 150 g/mol. The van der Waals surface area contributed by atoms with Crippen molar-refractivity contribution in [3.05, 3.63) is 11.6 Å². The fraction of sp³-hybridized carbons (Fsp3) is 0.700. The van der Waals surface area contributed by atoms with Crippen molar-refractivity contribution in [3.8, 4) is 0 Å². The van der Waals surface area contributed by atoms with Gasteiger partial charge in [0.25, 0.3) is 0 Å². The van der Waals surface area contributed by atoms with Crippen LogP contribution in [0.4, 0.5) is 0 Å². The highest BCUT2D eigenvalue weighted by atomic mass is 16.1. The van der Waals surface area contributed by atoms with Crippen molar-refractivity contribution in [2.75, 3.05) is 13.1 Å². The lowest BCUT2D eigenvalue weighted by Crippen LogP contribution is -2.19. The van der Waals surface area contributed by atoms with Crippen LogP contribution in [0.15, 0.2) is 11.6 Å². The van der Waals surface area contributed by atoms with E-state index in [-0.39, 0.29) is 11.7 Å². The molecule has 0 amide bonds. The highest BCUT2D eigenvalue weighted by molar-refractivity contribution is 5.92. The van der Waals surface area contributed by atoms with Crippen LogP contribution >= 0.6 is 0 Å². The Kier molecular flexibility index (Phi) is 3.04. The molecule has 1 aliphatic heterocycles. The fourth-order valence-corrected chi connectivity index (χ4v) is 1.58. The molecule has 2 unspecified atom stereocenters. The van der Waals surface area contributed by atoms with E-state index in [0.717, 1.165) is 18.7 Å². The van der Waals surface area contributed by atoms with Gasteiger partial charge < -0.3 is 5.32 Å². The summed E-state index contributed by atoms with van der Waals surface area (Å²) < 4.78 is 0. The van der Waals surface area contributed by atoms with E-state index in [1.165, 1.54) is 0 Å². The van der Waals surface area contributed by atoms with Gasteiger partial charge in [0.2, 0.25) is 0 Å². The van der Waals surface area contributed by atoms with Crippen LogP contribution in [-0.4, -0.2) is 18.9 Å². The summed E-state index contributed by atoms with van der Waals surface area (Å²) in [5.41, 5.74) is 1.10. The highest BCUT2D eigenvalue weighted by Crippen LogP contribution is 2.17. The van der Waals surface area contributed by atoms with E-state index in [4.69, 9.17) is 0 Å². The highest BCUT2D eigenvalue weighted by Gasteiger charge is 2.27. The molecule has 1 N–H and O–H groups in total. The van der Waals surface area contributed by atoms with E-state index in [1.54, 1.807) is 6.08 Å². The van der Waals surface area contributed by atoms with Gasteiger partial charge in [-0.3, -0.25) is 4.79 Å². The Balaban J connectivity index is 2.58. The van der Waals surface area contributed by atoms with Crippen molar-refractivity contribution in [2.24, 2.45) is 11.8 Å². The SMILES string of the molecule is CC(C)=CC(=O)C1CNCC1C. The number of hydrogen-bond donors (Lipinski definition) is 1. The quantitative estimate of drug-likeness (QED) is 0.629. The largest absolute Gasteiger partial charge is 0.316 e. The molecule has 0 bridgehead atoms. The molecule has 1 saturated heterocycles. The fourth-order valence-electron chi connectivity index (χ4n) is 1.58. The third-order valence-electron chi connectivity index (χ3n) is 2.31. The van der Waals surface area contributed by atoms with Gasteiger partial charge in [0.05, 0.1) is 0 Å². The van der Waals surface area contributed by atoms with Crippen LogP contribution in [0.5, 0.6) is 0 Å². The minimum absolute atomic E-state index is 0.208. The Hall–Kier alpha value is -0.630. The third-order valence-corrected chi connectivity index (χ3v) is 2.31. The average molecular weight is 167 g/mol. The molecule has 0 aromatic heterocycles. The van der Waals surface area contributed by atoms with Gasteiger partial charge in [0.1, 0.15) is 0 Å². The number of allylic oxidation sites excluding steroid dienone is 2. The van der Waals surface area contributed by atoms with E-state index in [0.29, 0.717) is 5.92 Å². The maximum atomic E-state index is 11.5. The zero-order chi connectivity index (χ0) is 9.14. The lowest BCUT2D eigenvalue weighted by atomic mass is 9.93.